The number of hydrogen-bond donors (Lipinski definition) is 2. The third-order valence-electron chi connectivity index (χ3n) is 8.62. The Bertz CT molecular complexity index is 1500. The van der Waals surface area contributed by atoms with Gasteiger partial charge in [-0.3, -0.25) is 19.8 Å². The molecular formula is C30H40N4O6S2. The molecule has 3 heterocycles. The number of anilines is 1. The van der Waals surface area contributed by atoms with Gasteiger partial charge in [0.05, 0.1) is 17.6 Å². The van der Waals surface area contributed by atoms with Crippen LogP contribution in [0.4, 0.5) is 9.80 Å². The van der Waals surface area contributed by atoms with E-state index in [1.165, 1.54) is 42.7 Å². The van der Waals surface area contributed by atoms with Crippen LogP contribution in [0, 0.1) is 10.8 Å². The topological polar surface area (TPSA) is 125 Å². The second-order valence-electron chi connectivity index (χ2n) is 12.9. The van der Waals surface area contributed by atoms with Crippen LogP contribution >= 0.6 is 11.3 Å². The summed E-state index contributed by atoms with van der Waals surface area (Å²) >= 11 is 1.32. The van der Waals surface area contributed by atoms with Gasteiger partial charge < -0.3 is 10.1 Å². The molecule has 1 aromatic heterocycles. The summed E-state index contributed by atoms with van der Waals surface area (Å²) in [7, 11) is -2.55. The van der Waals surface area contributed by atoms with Crippen LogP contribution in [0.3, 0.4) is 0 Å². The number of sulfonamides is 1. The number of nitrogens with one attached hydrogen (secondary N) is 2. The molecule has 2 N–H and O–H groups in total. The van der Waals surface area contributed by atoms with Crippen molar-refractivity contribution < 1.29 is 27.5 Å². The summed E-state index contributed by atoms with van der Waals surface area (Å²) in [6, 6.07) is 5.93. The van der Waals surface area contributed by atoms with Crippen LogP contribution < -0.4 is 10.6 Å². The van der Waals surface area contributed by atoms with E-state index in [0.29, 0.717) is 24.5 Å². The largest absolute Gasteiger partial charge is 0.453 e. The van der Waals surface area contributed by atoms with Gasteiger partial charge >= 0.3 is 6.09 Å². The summed E-state index contributed by atoms with van der Waals surface area (Å²) in [5.41, 5.74) is 1.40. The molecule has 12 heteroatoms. The molecule has 1 saturated heterocycles. The molecule has 0 spiro atoms. The van der Waals surface area contributed by atoms with Crippen LogP contribution in [0.1, 0.15) is 84.5 Å². The smallest absolute Gasteiger partial charge is 0.413 e. The highest BCUT2D eigenvalue weighted by Crippen LogP contribution is 2.53. The number of amides is 3. The molecule has 1 saturated carbocycles. The van der Waals surface area contributed by atoms with Gasteiger partial charge in [0.1, 0.15) is 5.00 Å². The predicted molar refractivity (Wildman–Crippen MR) is 161 cm³/mol. The number of nitrogens with zero attached hydrogens (tertiary/aromatic N) is 2. The first-order valence-corrected chi connectivity index (χ1v) is 16.7. The summed E-state index contributed by atoms with van der Waals surface area (Å²) in [5.74, 6) is -1.10. The zero-order valence-electron chi connectivity index (χ0n) is 24.9. The fourth-order valence-corrected chi connectivity index (χ4v) is 10.3. The van der Waals surface area contributed by atoms with Crippen LogP contribution in [0.5, 0.6) is 0 Å². The number of fused-ring (bicyclic) bond motifs is 3. The fourth-order valence-electron chi connectivity index (χ4n) is 7.28. The van der Waals surface area contributed by atoms with Crippen molar-refractivity contribution in [3.8, 4) is 0 Å². The Morgan fingerprint density at radius 2 is 1.81 bits per heavy atom. The molecule has 2 bridgehead atoms. The monoisotopic (exact) mass is 616 g/mol. The first-order valence-electron chi connectivity index (χ1n) is 14.4. The molecule has 2 fully saturated rings. The van der Waals surface area contributed by atoms with E-state index < -0.39 is 27.9 Å². The number of carbonyl (C=O) groups excluding carboxylic acids is 3. The zero-order chi connectivity index (χ0) is 30.4. The van der Waals surface area contributed by atoms with Gasteiger partial charge in [-0.2, -0.15) is 4.31 Å². The number of rotatable bonds is 7. The van der Waals surface area contributed by atoms with Crippen molar-refractivity contribution >= 4 is 44.3 Å². The van der Waals surface area contributed by atoms with E-state index in [9.17, 15) is 22.8 Å². The third-order valence-corrected chi connectivity index (χ3v) is 11.7. The van der Waals surface area contributed by atoms with Crippen molar-refractivity contribution in [2.75, 3.05) is 32.1 Å². The minimum atomic E-state index is -3.72. The molecule has 2 atom stereocenters. The minimum Gasteiger partial charge on any atom is -0.453 e. The van der Waals surface area contributed by atoms with E-state index in [1.54, 1.807) is 4.31 Å². The Morgan fingerprint density at radius 1 is 1.10 bits per heavy atom. The maximum atomic E-state index is 13.7. The Morgan fingerprint density at radius 3 is 2.48 bits per heavy atom. The summed E-state index contributed by atoms with van der Waals surface area (Å²) in [6.45, 7) is 11.5. The quantitative estimate of drug-likeness (QED) is 0.456. The van der Waals surface area contributed by atoms with Crippen LogP contribution in [-0.4, -0.2) is 68.3 Å². The Balaban J connectivity index is 1.36. The molecule has 2 aromatic rings. The van der Waals surface area contributed by atoms with Gasteiger partial charge in [-0.15, -0.1) is 11.3 Å². The predicted octanol–water partition coefficient (Wildman–Crippen LogP) is 4.85. The van der Waals surface area contributed by atoms with Gasteiger partial charge in [-0.1, -0.05) is 27.7 Å². The van der Waals surface area contributed by atoms with Gasteiger partial charge in [-0.25, -0.2) is 13.2 Å². The van der Waals surface area contributed by atoms with E-state index in [2.05, 4.69) is 48.0 Å². The van der Waals surface area contributed by atoms with Crippen LogP contribution in [0.2, 0.25) is 0 Å². The zero-order valence-corrected chi connectivity index (χ0v) is 26.5. The number of hydrogen-bond acceptors (Lipinski definition) is 8. The summed E-state index contributed by atoms with van der Waals surface area (Å²) < 4.78 is 33.6. The molecule has 228 valence electrons. The summed E-state index contributed by atoms with van der Waals surface area (Å²) in [5, 5.41) is 5.41. The number of benzene rings is 1. The lowest BCUT2D eigenvalue weighted by Gasteiger charge is -2.39. The van der Waals surface area contributed by atoms with Crippen LogP contribution in [0.25, 0.3) is 0 Å². The first-order chi connectivity index (χ1) is 19.7. The number of imide groups is 1. The van der Waals surface area contributed by atoms with Crippen molar-refractivity contribution in [1.29, 1.82) is 0 Å². The number of alkyl carbamates (subject to hydrolysis) is 1. The normalized spacial score (nSPS) is 23.7. The van der Waals surface area contributed by atoms with E-state index in [0.717, 1.165) is 49.2 Å². The highest BCUT2D eigenvalue weighted by Gasteiger charge is 2.53. The maximum Gasteiger partial charge on any atom is 0.413 e. The number of ether oxygens (including phenoxy) is 1. The van der Waals surface area contributed by atoms with Crippen molar-refractivity contribution in [3.63, 3.8) is 0 Å². The second-order valence-corrected chi connectivity index (χ2v) is 15.9. The van der Waals surface area contributed by atoms with E-state index in [4.69, 9.17) is 0 Å². The van der Waals surface area contributed by atoms with Gasteiger partial charge in [-0.05, 0) is 79.3 Å². The van der Waals surface area contributed by atoms with Gasteiger partial charge in [0.15, 0.2) is 0 Å². The van der Waals surface area contributed by atoms with Crippen LogP contribution in [-0.2, 0) is 27.7 Å². The molecule has 42 heavy (non-hydrogen) atoms. The molecule has 1 aromatic carbocycles. The van der Waals surface area contributed by atoms with Crippen molar-refractivity contribution in [2.24, 2.45) is 10.8 Å². The third kappa shape index (κ3) is 5.99. The first kappa shape index (κ1) is 30.7. The highest BCUT2D eigenvalue weighted by molar-refractivity contribution is 7.89. The fraction of sp³-hybridized carbons (Fsp3) is 0.567. The standard InChI is InChI=1S/C30H40N4O6S2/c1-6-12-33-13-11-22-23(16-33)41-27(24(22)26(36)32-28(37)40-5)31-25(35)19-7-9-21(10-8-19)42(38,39)34-18-30(4)15-20(34)14-29(2,3)17-30/h7-10,20H,6,11-18H2,1-5H3,(H,31,35)(H,32,36,37). The second kappa shape index (κ2) is 11.4. The van der Waals surface area contributed by atoms with E-state index in [-0.39, 0.29) is 32.9 Å². The van der Waals surface area contributed by atoms with Gasteiger partial charge in [0, 0.05) is 36.1 Å². The van der Waals surface area contributed by atoms with E-state index in [1.807, 2.05) is 0 Å². The molecule has 3 amide bonds. The summed E-state index contributed by atoms with van der Waals surface area (Å²) in [6.07, 6.45) is 3.42. The molecule has 5 rings (SSSR count). The van der Waals surface area contributed by atoms with E-state index >= 15 is 0 Å². The molecule has 10 nitrogen and oxygen atoms in total. The van der Waals surface area contributed by atoms with Gasteiger partial charge in [0.2, 0.25) is 10.0 Å². The van der Waals surface area contributed by atoms with Crippen LogP contribution in [0.15, 0.2) is 29.2 Å². The molecule has 2 aliphatic heterocycles. The number of methoxy groups -OCH3 is 1. The Labute approximate surface area is 251 Å². The van der Waals surface area contributed by atoms with Gasteiger partial charge in [0.25, 0.3) is 11.8 Å². The minimum absolute atomic E-state index is 0.0283. The van der Waals surface area contributed by atoms with Crippen molar-refractivity contribution in [2.45, 2.75) is 77.3 Å². The SMILES string of the molecule is CCCN1CCc2c(sc(NC(=O)c3ccc(S(=O)(=O)N4CC5(C)CC4CC(C)(C)C5)cc3)c2C(=O)NC(=O)OC)C1. The lowest BCUT2D eigenvalue weighted by atomic mass is 9.65. The average Bonchev–Trinajstić information content (AvgIpc) is 3.40. The lowest BCUT2D eigenvalue weighted by molar-refractivity contribution is 0.0936. The number of carbonyl (C=O) groups is 3. The molecule has 1 aliphatic carbocycles. The Kier molecular flexibility index (Phi) is 8.29. The summed E-state index contributed by atoms with van der Waals surface area (Å²) in [4.78, 5) is 41.6. The maximum absolute atomic E-state index is 13.7. The molecule has 0 radical (unpaired) electrons. The molecular weight excluding hydrogens is 576 g/mol. The van der Waals surface area contributed by atoms with Crippen molar-refractivity contribution in [1.82, 2.24) is 14.5 Å². The lowest BCUT2D eigenvalue weighted by Crippen LogP contribution is -2.37. The number of thiophene rings is 1. The molecule has 3 aliphatic rings. The molecule has 2 unspecified atom stereocenters. The van der Waals surface area contributed by atoms with Crippen molar-refractivity contribution in [3.05, 3.63) is 45.8 Å². The Hall–Kier alpha value is -2.80. The highest BCUT2D eigenvalue weighted by atomic mass is 32.2. The average molecular weight is 617 g/mol.